The van der Waals surface area contributed by atoms with Crippen LogP contribution in [0.25, 0.3) is 0 Å². The van der Waals surface area contributed by atoms with Crippen LogP contribution in [-0.2, 0) is 5.41 Å². The third kappa shape index (κ3) is 5.28. The fourth-order valence-corrected chi connectivity index (χ4v) is 4.09. The van der Waals surface area contributed by atoms with Crippen LogP contribution in [0.3, 0.4) is 0 Å². The molecular weight excluding hydrogens is 424 g/mol. The monoisotopic (exact) mass is 456 g/mol. The molecule has 4 rings (SSSR count). The number of pyridine rings is 1. The van der Waals surface area contributed by atoms with E-state index in [1.807, 2.05) is 72.5 Å². The van der Waals surface area contributed by atoms with Crippen LogP contribution in [0.15, 0.2) is 66.9 Å². The molecule has 1 saturated heterocycles. The second-order valence-electron chi connectivity index (χ2n) is 9.78. The standard InChI is InChI=1S/C28H32N4O2/c1-20-7-5-6-8-24(20)27(34)32-17-15-31(16-18-32)25-14-13-23(19-29-25)30-26(33)21-9-11-22(12-10-21)28(2,3)4/h5-14,19H,15-18H2,1-4H3,(H,30,33). The largest absolute Gasteiger partial charge is 0.353 e. The molecule has 0 radical (unpaired) electrons. The highest BCUT2D eigenvalue weighted by Gasteiger charge is 2.23. The number of hydrogen-bond donors (Lipinski definition) is 1. The molecule has 0 saturated carbocycles. The summed E-state index contributed by atoms with van der Waals surface area (Å²) < 4.78 is 0. The number of carbonyl (C=O) groups excluding carboxylic acids is 2. The second-order valence-corrected chi connectivity index (χ2v) is 9.78. The molecule has 0 atom stereocenters. The molecule has 6 nitrogen and oxygen atoms in total. The quantitative estimate of drug-likeness (QED) is 0.606. The number of rotatable bonds is 4. The van der Waals surface area contributed by atoms with Gasteiger partial charge in [-0.15, -0.1) is 0 Å². The van der Waals surface area contributed by atoms with Gasteiger partial charge in [0.25, 0.3) is 11.8 Å². The first kappa shape index (κ1) is 23.5. The van der Waals surface area contributed by atoms with E-state index in [4.69, 9.17) is 0 Å². The summed E-state index contributed by atoms with van der Waals surface area (Å²) in [5.41, 5.74) is 4.28. The van der Waals surface area contributed by atoms with Crippen molar-refractivity contribution in [3.8, 4) is 0 Å². The maximum absolute atomic E-state index is 12.8. The van der Waals surface area contributed by atoms with Crippen molar-refractivity contribution in [3.05, 3.63) is 89.1 Å². The highest BCUT2D eigenvalue weighted by atomic mass is 16.2. The van der Waals surface area contributed by atoms with Crippen molar-refractivity contribution in [1.29, 1.82) is 0 Å². The SMILES string of the molecule is Cc1ccccc1C(=O)N1CCN(c2ccc(NC(=O)c3ccc(C(C)(C)C)cc3)cn2)CC1. The smallest absolute Gasteiger partial charge is 0.255 e. The molecule has 176 valence electrons. The first-order chi connectivity index (χ1) is 16.2. The van der Waals surface area contributed by atoms with E-state index in [1.165, 1.54) is 5.56 Å². The Morgan fingerprint density at radius 1 is 0.882 bits per heavy atom. The van der Waals surface area contributed by atoms with E-state index in [-0.39, 0.29) is 17.2 Å². The van der Waals surface area contributed by atoms with Crippen molar-refractivity contribution < 1.29 is 9.59 Å². The van der Waals surface area contributed by atoms with Crippen molar-refractivity contribution >= 4 is 23.3 Å². The molecule has 3 aromatic rings. The Labute approximate surface area is 201 Å². The summed E-state index contributed by atoms with van der Waals surface area (Å²) in [5.74, 6) is 0.771. The van der Waals surface area contributed by atoms with E-state index in [1.54, 1.807) is 6.20 Å². The zero-order valence-corrected chi connectivity index (χ0v) is 20.3. The zero-order valence-electron chi connectivity index (χ0n) is 20.3. The van der Waals surface area contributed by atoms with Crippen LogP contribution in [0.5, 0.6) is 0 Å². The average molecular weight is 457 g/mol. The molecule has 34 heavy (non-hydrogen) atoms. The van der Waals surface area contributed by atoms with E-state index >= 15 is 0 Å². The van der Waals surface area contributed by atoms with Crippen molar-refractivity contribution in [1.82, 2.24) is 9.88 Å². The lowest BCUT2D eigenvalue weighted by Gasteiger charge is -2.35. The Bertz CT molecular complexity index is 1160. The van der Waals surface area contributed by atoms with Crippen LogP contribution in [0, 0.1) is 6.92 Å². The van der Waals surface area contributed by atoms with Gasteiger partial charge in [0.15, 0.2) is 0 Å². The molecule has 0 bridgehead atoms. The number of nitrogens with zero attached hydrogens (tertiary/aromatic N) is 3. The molecule has 1 aliphatic heterocycles. The Balaban J connectivity index is 1.33. The molecule has 1 N–H and O–H groups in total. The first-order valence-electron chi connectivity index (χ1n) is 11.7. The van der Waals surface area contributed by atoms with Crippen LogP contribution in [0.4, 0.5) is 11.5 Å². The molecule has 2 aromatic carbocycles. The maximum Gasteiger partial charge on any atom is 0.255 e. The van der Waals surface area contributed by atoms with Gasteiger partial charge in [0, 0.05) is 37.3 Å². The van der Waals surface area contributed by atoms with Crippen LogP contribution in [0.2, 0.25) is 0 Å². The molecule has 2 amide bonds. The van der Waals surface area contributed by atoms with Gasteiger partial charge in [-0.2, -0.15) is 0 Å². The number of hydrogen-bond acceptors (Lipinski definition) is 4. The highest BCUT2D eigenvalue weighted by Crippen LogP contribution is 2.23. The lowest BCUT2D eigenvalue weighted by molar-refractivity contribution is 0.0745. The number of carbonyl (C=O) groups is 2. The summed E-state index contributed by atoms with van der Waals surface area (Å²) in [6.45, 7) is 11.2. The minimum absolute atomic E-state index is 0.0496. The van der Waals surface area contributed by atoms with Gasteiger partial charge in [0.2, 0.25) is 0 Å². The summed E-state index contributed by atoms with van der Waals surface area (Å²) in [5, 5.41) is 2.92. The Morgan fingerprint density at radius 3 is 2.15 bits per heavy atom. The second kappa shape index (κ2) is 9.67. The lowest BCUT2D eigenvalue weighted by atomic mass is 9.87. The molecular formula is C28H32N4O2. The Hall–Kier alpha value is -3.67. The lowest BCUT2D eigenvalue weighted by Crippen LogP contribution is -2.49. The summed E-state index contributed by atoms with van der Waals surface area (Å²) >= 11 is 0. The first-order valence-corrected chi connectivity index (χ1v) is 11.7. The molecule has 0 spiro atoms. The molecule has 2 heterocycles. The van der Waals surface area contributed by atoms with Crippen LogP contribution in [-0.4, -0.2) is 47.9 Å². The van der Waals surface area contributed by atoms with E-state index in [2.05, 4.69) is 36.0 Å². The van der Waals surface area contributed by atoms with Crippen LogP contribution in [0.1, 0.15) is 52.6 Å². The summed E-state index contributed by atoms with van der Waals surface area (Å²) in [6, 6.07) is 19.2. The van der Waals surface area contributed by atoms with Gasteiger partial charge >= 0.3 is 0 Å². The van der Waals surface area contributed by atoms with Gasteiger partial charge in [-0.05, 0) is 53.8 Å². The van der Waals surface area contributed by atoms with Crippen molar-refractivity contribution in [2.75, 3.05) is 36.4 Å². The highest BCUT2D eigenvalue weighted by molar-refractivity contribution is 6.04. The minimum atomic E-state index is -0.154. The predicted molar refractivity (Wildman–Crippen MR) is 137 cm³/mol. The number of aromatic nitrogens is 1. The maximum atomic E-state index is 12.8. The number of benzene rings is 2. The van der Waals surface area contributed by atoms with Gasteiger partial charge in [-0.1, -0.05) is 51.1 Å². The van der Waals surface area contributed by atoms with Crippen LogP contribution >= 0.6 is 0 Å². The molecule has 1 aromatic heterocycles. The topological polar surface area (TPSA) is 65.5 Å². The fraction of sp³-hybridized carbons (Fsp3) is 0.321. The number of nitrogens with one attached hydrogen (secondary N) is 1. The van der Waals surface area contributed by atoms with Gasteiger partial charge in [0.1, 0.15) is 5.82 Å². The minimum Gasteiger partial charge on any atom is -0.353 e. The van der Waals surface area contributed by atoms with Crippen molar-refractivity contribution in [2.45, 2.75) is 33.1 Å². The third-order valence-corrected chi connectivity index (χ3v) is 6.29. The Kier molecular flexibility index (Phi) is 6.68. The Morgan fingerprint density at radius 2 is 1.56 bits per heavy atom. The van der Waals surface area contributed by atoms with E-state index in [0.717, 1.165) is 30.0 Å². The number of anilines is 2. The molecule has 0 aliphatic carbocycles. The van der Waals surface area contributed by atoms with E-state index < -0.39 is 0 Å². The molecule has 0 unspecified atom stereocenters. The van der Waals surface area contributed by atoms with E-state index in [0.29, 0.717) is 24.3 Å². The third-order valence-electron chi connectivity index (χ3n) is 6.29. The molecule has 1 aliphatic rings. The predicted octanol–water partition coefficient (Wildman–Crippen LogP) is 4.90. The molecule has 6 heteroatoms. The van der Waals surface area contributed by atoms with Gasteiger partial charge in [0.05, 0.1) is 11.9 Å². The average Bonchev–Trinajstić information content (AvgIpc) is 2.84. The van der Waals surface area contributed by atoms with Crippen molar-refractivity contribution in [2.24, 2.45) is 0 Å². The van der Waals surface area contributed by atoms with Crippen molar-refractivity contribution in [3.63, 3.8) is 0 Å². The molecule has 1 fully saturated rings. The number of amides is 2. The number of piperazine rings is 1. The number of aryl methyl sites for hydroxylation is 1. The summed E-state index contributed by atoms with van der Waals surface area (Å²) in [7, 11) is 0. The van der Waals surface area contributed by atoms with Crippen LogP contribution < -0.4 is 10.2 Å². The normalized spacial score (nSPS) is 14.1. The van der Waals surface area contributed by atoms with Gasteiger partial charge in [-0.25, -0.2) is 4.98 Å². The van der Waals surface area contributed by atoms with Gasteiger partial charge in [-0.3, -0.25) is 9.59 Å². The summed E-state index contributed by atoms with van der Waals surface area (Å²) in [4.78, 5) is 34.1. The van der Waals surface area contributed by atoms with Gasteiger partial charge < -0.3 is 15.1 Å². The van der Waals surface area contributed by atoms with E-state index in [9.17, 15) is 9.59 Å². The summed E-state index contributed by atoms with van der Waals surface area (Å²) in [6.07, 6.45) is 1.68. The fourth-order valence-electron chi connectivity index (χ4n) is 4.09. The zero-order chi connectivity index (χ0) is 24.3.